The Morgan fingerprint density at radius 2 is 1.86 bits per heavy atom. The zero-order valence-electron chi connectivity index (χ0n) is 8.41. The van der Waals surface area contributed by atoms with E-state index in [0.717, 1.165) is 16.5 Å². The van der Waals surface area contributed by atoms with Crippen molar-refractivity contribution in [1.29, 1.82) is 0 Å². The van der Waals surface area contributed by atoms with E-state index in [-0.39, 0.29) is 6.04 Å². The molecule has 3 heteroatoms. The molecule has 0 amide bonds. The number of rotatable bonds is 4. The molecule has 14 heavy (non-hydrogen) atoms. The smallest absolute Gasteiger partial charge is 0.0335 e. The van der Waals surface area contributed by atoms with Crippen LogP contribution in [0.25, 0.3) is 0 Å². The van der Waals surface area contributed by atoms with Crippen LogP contribution in [0.4, 0.5) is 0 Å². The highest BCUT2D eigenvalue weighted by Gasteiger charge is 2.15. The Kier molecular flexibility index (Phi) is 4.58. The Labute approximate surface area is 93.8 Å². The van der Waals surface area contributed by atoms with Crippen LogP contribution >= 0.6 is 15.9 Å². The molecule has 0 bridgehead atoms. The summed E-state index contributed by atoms with van der Waals surface area (Å²) < 4.78 is 1.08. The first-order chi connectivity index (χ1) is 6.69. The van der Waals surface area contributed by atoms with Crippen molar-refractivity contribution in [2.24, 2.45) is 17.4 Å². The van der Waals surface area contributed by atoms with Gasteiger partial charge in [-0.3, -0.25) is 0 Å². The van der Waals surface area contributed by atoms with Gasteiger partial charge < -0.3 is 11.5 Å². The van der Waals surface area contributed by atoms with E-state index in [2.05, 4.69) is 22.9 Å². The molecule has 0 spiro atoms. The van der Waals surface area contributed by atoms with Gasteiger partial charge in [0.25, 0.3) is 0 Å². The molecule has 1 aromatic carbocycles. The average Bonchev–Trinajstić information content (AvgIpc) is 2.20. The monoisotopic (exact) mass is 256 g/mol. The molecule has 2 atom stereocenters. The van der Waals surface area contributed by atoms with Gasteiger partial charge in [-0.1, -0.05) is 41.4 Å². The van der Waals surface area contributed by atoms with Crippen LogP contribution in [-0.2, 0) is 0 Å². The molecule has 0 saturated heterocycles. The van der Waals surface area contributed by atoms with Gasteiger partial charge in [0.05, 0.1) is 0 Å². The van der Waals surface area contributed by atoms with E-state index in [1.165, 1.54) is 0 Å². The van der Waals surface area contributed by atoms with Gasteiger partial charge in [-0.05, 0) is 30.2 Å². The van der Waals surface area contributed by atoms with Crippen LogP contribution in [0.1, 0.15) is 24.9 Å². The van der Waals surface area contributed by atoms with Crippen molar-refractivity contribution in [2.75, 3.05) is 6.54 Å². The number of hydrogen-bond acceptors (Lipinski definition) is 2. The molecule has 2 nitrogen and oxygen atoms in total. The lowest BCUT2D eigenvalue weighted by atomic mass is 9.92. The minimum Gasteiger partial charge on any atom is -0.330 e. The molecule has 1 rings (SSSR count). The lowest BCUT2D eigenvalue weighted by Gasteiger charge is -2.21. The first-order valence-corrected chi connectivity index (χ1v) is 5.69. The summed E-state index contributed by atoms with van der Waals surface area (Å²) >= 11 is 3.40. The fourth-order valence-electron chi connectivity index (χ4n) is 1.52. The van der Waals surface area contributed by atoms with Crippen LogP contribution in [0, 0.1) is 5.92 Å². The van der Waals surface area contributed by atoms with Crippen molar-refractivity contribution < 1.29 is 0 Å². The topological polar surface area (TPSA) is 52.0 Å². The Morgan fingerprint density at radius 3 is 2.29 bits per heavy atom. The van der Waals surface area contributed by atoms with Crippen molar-refractivity contribution in [1.82, 2.24) is 0 Å². The van der Waals surface area contributed by atoms with Gasteiger partial charge in [-0.15, -0.1) is 0 Å². The van der Waals surface area contributed by atoms with Crippen LogP contribution in [0.15, 0.2) is 28.7 Å². The van der Waals surface area contributed by atoms with E-state index in [9.17, 15) is 0 Å². The van der Waals surface area contributed by atoms with Crippen molar-refractivity contribution in [3.05, 3.63) is 34.3 Å². The molecule has 1 aromatic rings. The summed E-state index contributed by atoms with van der Waals surface area (Å²) in [5.74, 6) is 0.371. The van der Waals surface area contributed by atoms with Crippen molar-refractivity contribution in [2.45, 2.75) is 19.4 Å². The van der Waals surface area contributed by atoms with Gasteiger partial charge in [-0.25, -0.2) is 0 Å². The normalized spacial score (nSPS) is 15.1. The maximum absolute atomic E-state index is 6.12. The van der Waals surface area contributed by atoms with E-state index in [4.69, 9.17) is 11.5 Å². The van der Waals surface area contributed by atoms with Gasteiger partial charge in [-0.2, -0.15) is 0 Å². The molecule has 4 N–H and O–H groups in total. The second-order valence-corrected chi connectivity index (χ2v) is 4.40. The molecule has 0 radical (unpaired) electrons. The third-order valence-corrected chi connectivity index (χ3v) is 3.12. The van der Waals surface area contributed by atoms with E-state index in [1.54, 1.807) is 0 Å². The molecule has 0 aliphatic heterocycles. The predicted molar refractivity (Wildman–Crippen MR) is 63.9 cm³/mol. The first-order valence-electron chi connectivity index (χ1n) is 4.90. The van der Waals surface area contributed by atoms with Gasteiger partial charge in [0, 0.05) is 10.5 Å². The second kappa shape index (κ2) is 5.49. The van der Waals surface area contributed by atoms with Gasteiger partial charge >= 0.3 is 0 Å². The molecule has 0 saturated carbocycles. The highest BCUT2D eigenvalue weighted by molar-refractivity contribution is 9.10. The summed E-state index contributed by atoms with van der Waals surface area (Å²) in [5.41, 5.74) is 12.9. The fraction of sp³-hybridized carbons (Fsp3) is 0.455. The summed E-state index contributed by atoms with van der Waals surface area (Å²) in [6.07, 6.45) is 1.02. The Hall–Kier alpha value is -0.380. The number of hydrogen-bond donors (Lipinski definition) is 2. The SMILES string of the molecule is CCC(CN)C(N)c1ccc(Br)cc1. The minimum absolute atomic E-state index is 0.0538. The van der Waals surface area contributed by atoms with Crippen LogP contribution in [-0.4, -0.2) is 6.54 Å². The van der Waals surface area contributed by atoms with Crippen molar-refractivity contribution in [3.8, 4) is 0 Å². The summed E-state index contributed by atoms with van der Waals surface area (Å²) in [7, 11) is 0. The molecule has 0 fully saturated rings. The lowest BCUT2D eigenvalue weighted by Crippen LogP contribution is -2.27. The third-order valence-electron chi connectivity index (χ3n) is 2.59. The standard InChI is InChI=1S/C11H17BrN2/c1-2-8(7-13)11(14)9-3-5-10(12)6-4-9/h3-6,8,11H,2,7,13-14H2,1H3. The van der Waals surface area contributed by atoms with Crippen LogP contribution in [0.5, 0.6) is 0 Å². The Balaban J connectivity index is 2.77. The van der Waals surface area contributed by atoms with Crippen LogP contribution < -0.4 is 11.5 Å². The predicted octanol–water partition coefficient (Wildman–Crippen LogP) is 2.43. The molecular formula is C11H17BrN2. The van der Waals surface area contributed by atoms with Gasteiger partial charge in [0.1, 0.15) is 0 Å². The number of benzene rings is 1. The Morgan fingerprint density at radius 1 is 1.29 bits per heavy atom. The van der Waals surface area contributed by atoms with Crippen molar-refractivity contribution in [3.63, 3.8) is 0 Å². The average molecular weight is 257 g/mol. The maximum Gasteiger partial charge on any atom is 0.0335 e. The quantitative estimate of drug-likeness (QED) is 0.870. The largest absolute Gasteiger partial charge is 0.330 e. The first kappa shape index (κ1) is 11.7. The Bertz CT molecular complexity index is 267. The van der Waals surface area contributed by atoms with E-state index < -0.39 is 0 Å². The maximum atomic E-state index is 6.12. The second-order valence-electron chi connectivity index (χ2n) is 3.48. The van der Waals surface area contributed by atoms with Gasteiger partial charge in [0.2, 0.25) is 0 Å². The highest BCUT2D eigenvalue weighted by atomic mass is 79.9. The fourth-order valence-corrected chi connectivity index (χ4v) is 1.79. The summed E-state index contributed by atoms with van der Waals surface area (Å²) in [6.45, 7) is 2.77. The molecule has 0 aromatic heterocycles. The van der Waals surface area contributed by atoms with Crippen LogP contribution in [0.2, 0.25) is 0 Å². The molecular weight excluding hydrogens is 240 g/mol. The summed E-state index contributed by atoms with van der Waals surface area (Å²) in [5, 5.41) is 0. The van der Waals surface area contributed by atoms with Crippen LogP contribution in [0.3, 0.4) is 0 Å². The summed E-state index contributed by atoms with van der Waals surface area (Å²) in [4.78, 5) is 0. The summed E-state index contributed by atoms with van der Waals surface area (Å²) in [6, 6.07) is 8.18. The number of halogens is 1. The zero-order valence-corrected chi connectivity index (χ0v) is 10.00. The van der Waals surface area contributed by atoms with E-state index >= 15 is 0 Å². The van der Waals surface area contributed by atoms with Gasteiger partial charge in [0.15, 0.2) is 0 Å². The number of nitrogens with two attached hydrogens (primary N) is 2. The third kappa shape index (κ3) is 2.80. The molecule has 0 aliphatic carbocycles. The van der Waals surface area contributed by atoms with E-state index in [1.807, 2.05) is 24.3 Å². The molecule has 2 unspecified atom stereocenters. The molecule has 0 heterocycles. The zero-order chi connectivity index (χ0) is 10.6. The highest BCUT2D eigenvalue weighted by Crippen LogP contribution is 2.22. The van der Waals surface area contributed by atoms with E-state index in [0.29, 0.717) is 12.5 Å². The lowest BCUT2D eigenvalue weighted by molar-refractivity contribution is 0.428. The molecule has 0 aliphatic rings. The minimum atomic E-state index is 0.0538. The molecule has 78 valence electrons. The van der Waals surface area contributed by atoms with Crippen molar-refractivity contribution >= 4 is 15.9 Å².